The number of hydrogen-bond donors (Lipinski definition) is 2. The van der Waals surface area contributed by atoms with E-state index in [0.717, 1.165) is 11.3 Å². The van der Waals surface area contributed by atoms with Gasteiger partial charge in [0.25, 0.3) is 5.91 Å². The third-order valence-electron chi connectivity index (χ3n) is 3.00. The van der Waals surface area contributed by atoms with Crippen LogP contribution >= 0.6 is 0 Å². The third-order valence-corrected chi connectivity index (χ3v) is 3.00. The van der Waals surface area contributed by atoms with Crippen LogP contribution in [0.2, 0.25) is 0 Å². The number of amides is 1. The van der Waals surface area contributed by atoms with Gasteiger partial charge in [-0.25, -0.2) is 5.43 Å². The summed E-state index contributed by atoms with van der Waals surface area (Å²) in [4.78, 5) is 12.0. The van der Waals surface area contributed by atoms with E-state index in [1.807, 2.05) is 38.1 Å². The van der Waals surface area contributed by atoms with E-state index >= 15 is 0 Å². The molecule has 0 bridgehead atoms. The van der Waals surface area contributed by atoms with Gasteiger partial charge in [-0.3, -0.25) is 4.79 Å². The van der Waals surface area contributed by atoms with Gasteiger partial charge in [-0.1, -0.05) is 42.0 Å². The molecule has 2 rings (SSSR count). The van der Waals surface area contributed by atoms with E-state index in [2.05, 4.69) is 10.5 Å². The first-order chi connectivity index (χ1) is 9.58. The van der Waals surface area contributed by atoms with Gasteiger partial charge in [0.15, 0.2) is 0 Å². The summed E-state index contributed by atoms with van der Waals surface area (Å²) in [7, 11) is 0. The number of para-hydroxylation sites is 1. The summed E-state index contributed by atoms with van der Waals surface area (Å²) in [5, 5.41) is 4.10. The van der Waals surface area contributed by atoms with E-state index in [-0.39, 0.29) is 5.91 Å². The highest BCUT2D eigenvalue weighted by molar-refractivity contribution is 6.02. The lowest BCUT2D eigenvalue weighted by Crippen LogP contribution is -2.20. The molecule has 0 unspecified atom stereocenters. The summed E-state index contributed by atoms with van der Waals surface area (Å²) in [5.74, 6) is -0.311. The largest absolute Gasteiger partial charge is 0.398 e. The van der Waals surface area contributed by atoms with Crippen molar-refractivity contribution in [2.75, 3.05) is 5.73 Å². The summed E-state index contributed by atoms with van der Waals surface area (Å²) in [6.07, 6.45) is 0. The zero-order valence-corrected chi connectivity index (χ0v) is 11.6. The molecule has 0 aromatic heterocycles. The summed E-state index contributed by atoms with van der Waals surface area (Å²) >= 11 is 0. The number of nitrogens with zero attached hydrogens (tertiary/aromatic N) is 1. The number of carbonyl (C=O) groups excluding carboxylic acids is 1. The number of rotatable bonds is 3. The molecule has 2 aromatic rings. The van der Waals surface area contributed by atoms with Gasteiger partial charge in [0.2, 0.25) is 0 Å². The minimum Gasteiger partial charge on any atom is -0.398 e. The quantitative estimate of drug-likeness (QED) is 0.510. The van der Waals surface area contributed by atoms with Crippen molar-refractivity contribution < 1.29 is 4.79 Å². The lowest BCUT2D eigenvalue weighted by atomic mass is 10.1. The fourth-order valence-electron chi connectivity index (χ4n) is 1.76. The number of nitrogens with two attached hydrogens (primary N) is 1. The van der Waals surface area contributed by atoms with E-state index in [0.29, 0.717) is 11.3 Å². The standard InChI is InChI=1S/C16H17N3O/c1-11-7-9-13(10-8-11)12(2)18-19-16(20)14-5-3-4-6-15(14)17/h3-10H,17H2,1-2H3,(H,19,20)/b18-12-. The molecule has 0 heterocycles. The Morgan fingerprint density at radius 3 is 2.40 bits per heavy atom. The van der Waals surface area contributed by atoms with Gasteiger partial charge < -0.3 is 5.73 Å². The molecule has 0 atom stereocenters. The Bertz CT molecular complexity index is 645. The van der Waals surface area contributed by atoms with Gasteiger partial charge in [-0.2, -0.15) is 5.10 Å². The fourth-order valence-corrected chi connectivity index (χ4v) is 1.76. The minimum absolute atomic E-state index is 0.311. The van der Waals surface area contributed by atoms with Gasteiger partial charge in [-0.15, -0.1) is 0 Å². The van der Waals surface area contributed by atoms with Crippen LogP contribution in [0.3, 0.4) is 0 Å². The first-order valence-corrected chi connectivity index (χ1v) is 6.34. The molecule has 0 radical (unpaired) electrons. The molecule has 1 amide bonds. The lowest BCUT2D eigenvalue weighted by Gasteiger charge is -2.05. The first kappa shape index (κ1) is 13.8. The number of nitrogens with one attached hydrogen (secondary N) is 1. The van der Waals surface area contributed by atoms with Crippen molar-refractivity contribution in [3.05, 3.63) is 65.2 Å². The number of hydrazone groups is 1. The molecule has 0 saturated carbocycles. The SMILES string of the molecule is C/C(=N/NC(=O)c1ccccc1N)c1ccc(C)cc1. The van der Waals surface area contributed by atoms with E-state index in [9.17, 15) is 4.79 Å². The smallest absolute Gasteiger partial charge is 0.273 e. The Kier molecular flexibility index (Phi) is 4.15. The number of carbonyl (C=O) groups is 1. The van der Waals surface area contributed by atoms with Crippen LogP contribution in [-0.2, 0) is 0 Å². The Balaban J connectivity index is 2.11. The van der Waals surface area contributed by atoms with Gasteiger partial charge in [-0.05, 0) is 31.5 Å². The summed E-state index contributed by atoms with van der Waals surface area (Å²) in [6, 6.07) is 14.9. The minimum atomic E-state index is -0.311. The first-order valence-electron chi connectivity index (χ1n) is 6.34. The average Bonchev–Trinajstić information content (AvgIpc) is 2.45. The Labute approximate surface area is 118 Å². The highest BCUT2D eigenvalue weighted by Gasteiger charge is 2.07. The van der Waals surface area contributed by atoms with Crippen LogP contribution in [0.1, 0.15) is 28.4 Å². The molecule has 2 aromatic carbocycles. The normalized spacial score (nSPS) is 11.2. The van der Waals surface area contributed by atoms with E-state index < -0.39 is 0 Å². The van der Waals surface area contributed by atoms with Gasteiger partial charge >= 0.3 is 0 Å². The van der Waals surface area contributed by atoms with Crippen LogP contribution in [0.4, 0.5) is 5.69 Å². The zero-order chi connectivity index (χ0) is 14.5. The number of anilines is 1. The molecular weight excluding hydrogens is 250 g/mol. The Hall–Kier alpha value is -2.62. The van der Waals surface area contributed by atoms with Gasteiger partial charge in [0.1, 0.15) is 0 Å². The van der Waals surface area contributed by atoms with Crippen molar-refractivity contribution in [2.24, 2.45) is 5.10 Å². The molecule has 0 aliphatic carbocycles. The molecular formula is C16H17N3O. The maximum absolute atomic E-state index is 12.0. The molecule has 0 aliphatic rings. The predicted molar refractivity (Wildman–Crippen MR) is 81.7 cm³/mol. The van der Waals surface area contributed by atoms with Crippen molar-refractivity contribution in [1.29, 1.82) is 0 Å². The van der Waals surface area contributed by atoms with Crippen molar-refractivity contribution in [2.45, 2.75) is 13.8 Å². The molecule has 102 valence electrons. The van der Waals surface area contributed by atoms with Crippen molar-refractivity contribution >= 4 is 17.3 Å². The number of hydrogen-bond acceptors (Lipinski definition) is 3. The molecule has 20 heavy (non-hydrogen) atoms. The van der Waals surface area contributed by atoms with E-state index in [1.165, 1.54) is 5.56 Å². The number of aryl methyl sites for hydroxylation is 1. The molecule has 4 nitrogen and oxygen atoms in total. The van der Waals surface area contributed by atoms with Crippen LogP contribution in [-0.4, -0.2) is 11.6 Å². The second kappa shape index (κ2) is 6.02. The van der Waals surface area contributed by atoms with Crippen molar-refractivity contribution in [1.82, 2.24) is 5.43 Å². The van der Waals surface area contributed by atoms with Crippen LogP contribution in [0.5, 0.6) is 0 Å². The zero-order valence-electron chi connectivity index (χ0n) is 11.6. The Morgan fingerprint density at radius 2 is 1.75 bits per heavy atom. The topological polar surface area (TPSA) is 67.5 Å². The lowest BCUT2D eigenvalue weighted by molar-refractivity contribution is 0.0955. The summed E-state index contributed by atoms with van der Waals surface area (Å²) in [6.45, 7) is 3.87. The maximum atomic E-state index is 12.0. The Morgan fingerprint density at radius 1 is 1.10 bits per heavy atom. The van der Waals surface area contributed by atoms with Crippen molar-refractivity contribution in [3.63, 3.8) is 0 Å². The highest BCUT2D eigenvalue weighted by atomic mass is 16.2. The van der Waals surface area contributed by atoms with Crippen LogP contribution in [0.25, 0.3) is 0 Å². The number of benzene rings is 2. The summed E-state index contributed by atoms with van der Waals surface area (Å²) in [5.41, 5.74) is 12.0. The van der Waals surface area contributed by atoms with Gasteiger partial charge in [0.05, 0.1) is 11.3 Å². The van der Waals surface area contributed by atoms with Crippen LogP contribution in [0.15, 0.2) is 53.6 Å². The van der Waals surface area contributed by atoms with E-state index in [1.54, 1.807) is 24.3 Å². The van der Waals surface area contributed by atoms with Crippen molar-refractivity contribution in [3.8, 4) is 0 Å². The molecule has 0 fully saturated rings. The monoisotopic (exact) mass is 267 g/mol. The molecule has 3 N–H and O–H groups in total. The molecule has 0 spiro atoms. The molecule has 4 heteroatoms. The average molecular weight is 267 g/mol. The fraction of sp³-hybridized carbons (Fsp3) is 0.125. The second-order valence-electron chi connectivity index (χ2n) is 4.59. The van der Waals surface area contributed by atoms with Crippen LogP contribution < -0.4 is 11.2 Å². The maximum Gasteiger partial charge on any atom is 0.273 e. The number of nitrogen functional groups attached to an aromatic ring is 1. The molecule has 0 saturated heterocycles. The highest BCUT2D eigenvalue weighted by Crippen LogP contribution is 2.10. The molecule has 0 aliphatic heterocycles. The summed E-state index contributed by atoms with van der Waals surface area (Å²) < 4.78 is 0. The van der Waals surface area contributed by atoms with E-state index in [4.69, 9.17) is 5.73 Å². The second-order valence-corrected chi connectivity index (χ2v) is 4.59. The van der Waals surface area contributed by atoms with Gasteiger partial charge in [0, 0.05) is 5.69 Å². The predicted octanol–water partition coefficient (Wildman–Crippen LogP) is 2.73. The van der Waals surface area contributed by atoms with Crippen LogP contribution in [0, 0.1) is 6.92 Å². The third kappa shape index (κ3) is 3.23.